The van der Waals surface area contributed by atoms with E-state index in [2.05, 4.69) is 199 Å². The van der Waals surface area contributed by atoms with Gasteiger partial charge in [-0.15, -0.1) is 0 Å². The summed E-state index contributed by atoms with van der Waals surface area (Å²) in [5.74, 6) is 1.81. The molecule has 13 rings (SSSR count). The molecule has 0 saturated heterocycles. The number of hydrogen-bond donors (Lipinski definition) is 0. The molecule has 0 amide bonds. The summed E-state index contributed by atoms with van der Waals surface area (Å²) in [6, 6.07) is 68.5. The van der Waals surface area contributed by atoms with E-state index < -0.39 is 0 Å². The van der Waals surface area contributed by atoms with E-state index >= 15 is 0 Å². The molecule has 0 aliphatic heterocycles. The molecular weight excluding hydrogens is 733 g/mol. The van der Waals surface area contributed by atoms with Crippen LogP contribution in [0.4, 0.5) is 0 Å². The third kappa shape index (κ3) is 4.84. The first kappa shape index (κ1) is 32.9. The van der Waals surface area contributed by atoms with Crippen molar-refractivity contribution in [2.45, 2.75) is 0 Å². The lowest BCUT2D eigenvalue weighted by atomic mass is 10.0. The summed E-state index contributed by atoms with van der Waals surface area (Å²) in [7, 11) is 0. The first-order valence-corrected chi connectivity index (χ1v) is 20.3. The van der Waals surface area contributed by atoms with Crippen LogP contribution in [0, 0.1) is 0 Å². The largest absolute Gasteiger partial charge is 0.453 e. The summed E-state index contributed by atoms with van der Waals surface area (Å²) < 4.78 is 9.59. The molecule has 0 N–H and O–H groups in total. The highest BCUT2D eigenvalue weighted by molar-refractivity contribution is 6.21. The Hall–Kier alpha value is -8.15. The molecule has 3 aromatic heterocycles. The fraction of sp³-hybridized carbons (Fsp3) is 0. The van der Waals surface area contributed by atoms with Crippen LogP contribution in [-0.2, 0) is 0 Å². The summed E-state index contributed by atoms with van der Waals surface area (Å²) in [6.45, 7) is 0. The van der Waals surface area contributed by atoms with Gasteiger partial charge < -0.3 is 8.98 Å². The molecular formula is C55H32N4O. The average Bonchev–Trinajstić information content (AvgIpc) is 3.86. The second-order valence-corrected chi connectivity index (χ2v) is 15.5. The minimum absolute atomic E-state index is 0.580. The average molecular weight is 765 g/mol. The molecule has 0 spiro atoms. The molecule has 278 valence electrons. The lowest BCUT2D eigenvalue weighted by Gasteiger charge is -2.14. The van der Waals surface area contributed by atoms with Crippen LogP contribution in [0.5, 0.6) is 0 Å². The van der Waals surface area contributed by atoms with Gasteiger partial charge in [0.05, 0.1) is 16.7 Å². The van der Waals surface area contributed by atoms with Crippen molar-refractivity contribution >= 4 is 86.8 Å². The van der Waals surface area contributed by atoms with Crippen LogP contribution in [0.15, 0.2) is 199 Å². The molecule has 60 heavy (non-hydrogen) atoms. The van der Waals surface area contributed by atoms with Crippen molar-refractivity contribution in [2.75, 3.05) is 0 Å². The predicted octanol–water partition coefficient (Wildman–Crippen LogP) is 14.5. The van der Waals surface area contributed by atoms with Crippen molar-refractivity contribution in [3.63, 3.8) is 0 Å². The standard InChI is InChI=1S/C55H32N4O/c1-2-17-37-32-49-46(31-36(37)16-1)41-23-9-10-26-47(41)59(49)48-30-29-45(50-44-28-27-35-15-5-8-22-40(35)51(44)60-52(48)50)55-57-53(42-24-11-18-33-13-3-6-20-38(33)42)56-54(58-55)43-25-12-19-34-14-4-7-21-39(34)43/h1-32H. The van der Waals surface area contributed by atoms with Crippen molar-refractivity contribution in [1.29, 1.82) is 0 Å². The van der Waals surface area contributed by atoms with Gasteiger partial charge in [-0.3, -0.25) is 0 Å². The molecule has 0 aliphatic carbocycles. The number of benzene rings is 10. The monoisotopic (exact) mass is 764 g/mol. The van der Waals surface area contributed by atoms with Gasteiger partial charge in [0.1, 0.15) is 5.58 Å². The zero-order valence-electron chi connectivity index (χ0n) is 32.2. The van der Waals surface area contributed by atoms with E-state index in [9.17, 15) is 0 Å². The fourth-order valence-corrected chi connectivity index (χ4v) is 9.45. The number of hydrogen-bond acceptors (Lipinski definition) is 4. The van der Waals surface area contributed by atoms with Gasteiger partial charge in [-0.2, -0.15) is 0 Å². The van der Waals surface area contributed by atoms with E-state index in [4.69, 9.17) is 19.4 Å². The zero-order valence-corrected chi connectivity index (χ0v) is 32.2. The maximum Gasteiger partial charge on any atom is 0.164 e. The van der Waals surface area contributed by atoms with Crippen LogP contribution < -0.4 is 0 Å². The second-order valence-electron chi connectivity index (χ2n) is 15.5. The summed E-state index contributed by atoms with van der Waals surface area (Å²) in [5.41, 5.74) is 7.56. The number of rotatable bonds is 4. The Balaban J connectivity index is 1.16. The highest BCUT2D eigenvalue weighted by Crippen LogP contribution is 2.45. The number of furan rings is 1. The van der Waals surface area contributed by atoms with Crippen LogP contribution in [0.1, 0.15) is 0 Å². The maximum absolute atomic E-state index is 7.22. The van der Waals surface area contributed by atoms with E-state index in [0.29, 0.717) is 17.5 Å². The molecule has 0 unspecified atom stereocenters. The highest BCUT2D eigenvalue weighted by Gasteiger charge is 2.24. The van der Waals surface area contributed by atoms with E-state index in [1.165, 1.54) is 21.5 Å². The molecule has 0 radical (unpaired) electrons. The summed E-state index contributed by atoms with van der Waals surface area (Å²) in [4.78, 5) is 16.0. The zero-order chi connectivity index (χ0) is 39.3. The summed E-state index contributed by atoms with van der Waals surface area (Å²) in [5, 5.41) is 13.3. The van der Waals surface area contributed by atoms with Gasteiger partial charge in [0.25, 0.3) is 0 Å². The summed E-state index contributed by atoms with van der Waals surface area (Å²) in [6.07, 6.45) is 0. The van der Waals surface area contributed by atoms with Crippen molar-refractivity contribution in [2.24, 2.45) is 0 Å². The van der Waals surface area contributed by atoms with E-state index in [1.54, 1.807) is 0 Å². The minimum Gasteiger partial charge on any atom is -0.453 e. The Morgan fingerprint density at radius 2 is 0.833 bits per heavy atom. The Bertz CT molecular complexity index is 3810. The molecule has 5 nitrogen and oxygen atoms in total. The lowest BCUT2D eigenvalue weighted by molar-refractivity contribution is 0.670. The van der Waals surface area contributed by atoms with Gasteiger partial charge in [0.2, 0.25) is 0 Å². The molecule has 0 bridgehead atoms. The minimum atomic E-state index is 0.580. The number of para-hydroxylation sites is 1. The number of aromatic nitrogens is 4. The highest BCUT2D eigenvalue weighted by atomic mass is 16.3. The second kappa shape index (κ2) is 12.7. The van der Waals surface area contributed by atoms with Crippen molar-refractivity contribution < 1.29 is 4.42 Å². The topological polar surface area (TPSA) is 56.7 Å². The Morgan fingerprint density at radius 3 is 1.50 bits per heavy atom. The molecule has 3 heterocycles. The predicted molar refractivity (Wildman–Crippen MR) is 248 cm³/mol. The molecule has 0 fully saturated rings. The van der Waals surface area contributed by atoms with Gasteiger partial charge in [-0.25, -0.2) is 15.0 Å². The third-order valence-electron chi connectivity index (χ3n) is 12.2. The number of nitrogens with zero attached hydrogens (tertiary/aromatic N) is 4. The van der Waals surface area contributed by atoms with Crippen LogP contribution >= 0.6 is 0 Å². The van der Waals surface area contributed by atoms with Crippen molar-refractivity contribution in [1.82, 2.24) is 19.5 Å². The van der Waals surface area contributed by atoms with E-state index in [-0.39, 0.29) is 0 Å². The Labute approximate surface area is 343 Å². The van der Waals surface area contributed by atoms with Gasteiger partial charge in [-0.1, -0.05) is 158 Å². The third-order valence-corrected chi connectivity index (χ3v) is 12.2. The SMILES string of the molecule is c1ccc2cc3c(cc2c1)c1ccccc1n3-c1ccc(-c2nc(-c3cccc4ccccc34)nc(-c3cccc4ccccc34)n2)c2c1oc1c3ccccc3ccc12. The van der Waals surface area contributed by atoms with Crippen LogP contribution in [0.3, 0.4) is 0 Å². The quantitative estimate of drug-likeness (QED) is 0.179. The van der Waals surface area contributed by atoms with Gasteiger partial charge in [-0.05, 0) is 74.1 Å². The van der Waals surface area contributed by atoms with Crippen molar-refractivity contribution in [3.8, 4) is 39.9 Å². The van der Waals surface area contributed by atoms with Crippen LogP contribution in [-0.4, -0.2) is 19.5 Å². The Kier molecular flexibility index (Phi) is 6.95. The smallest absolute Gasteiger partial charge is 0.164 e. The lowest BCUT2D eigenvalue weighted by Crippen LogP contribution is -2.02. The molecule has 13 aromatic rings. The molecule has 0 atom stereocenters. The first-order chi connectivity index (χ1) is 29.7. The molecule has 5 heteroatoms. The normalized spacial score (nSPS) is 12.0. The fourth-order valence-electron chi connectivity index (χ4n) is 9.45. The summed E-state index contributed by atoms with van der Waals surface area (Å²) >= 11 is 0. The van der Waals surface area contributed by atoms with E-state index in [1.807, 2.05) is 0 Å². The van der Waals surface area contributed by atoms with Crippen LogP contribution in [0.25, 0.3) is 127 Å². The molecule has 10 aromatic carbocycles. The first-order valence-electron chi connectivity index (χ1n) is 20.3. The number of fused-ring (bicyclic) bond motifs is 11. The molecule has 0 saturated carbocycles. The van der Waals surface area contributed by atoms with Gasteiger partial charge in [0, 0.05) is 43.6 Å². The van der Waals surface area contributed by atoms with Gasteiger partial charge >= 0.3 is 0 Å². The maximum atomic E-state index is 7.22. The van der Waals surface area contributed by atoms with Gasteiger partial charge in [0.15, 0.2) is 23.1 Å². The van der Waals surface area contributed by atoms with Crippen molar-refractivity contribution in [3.05, 3.63) is 194 Å². The van der Waals surface area contributed by atoms with E-state index in [0.717, 1.165) is 87.7 Å². The molecule has 0 aliphatic rings. The Morgan fingerprint density at radius 1 is 0.317 bits per heavy atom. The van der Waals surface area contributed by atoms with Crippen LogP contribution in [0.2, 0.25) is 0 Å².